The number of fused-ring (bicyclic) bond motifs is 1. The monoisotopic (exact) mass is 281 g/mol. The standard InChI is InChI=1S/C18H19NO2/c1-12(13-7-3-2-4-8-13)18(21)19-17-15-10-6-5-9-14(15)11-16(17)20/h2-10,12,16-17,20H,11H2,1H3,(H,19,21)/t12?,16-,17+/m1/s1. The minimum atomic E-state index is -0.547. The maximum Gasteiger partial charge on any atom is 0.227 e. The van der Waals surface area contributed by atoms with Crippen LogP contribution >= 0.6 is 0 Å². The zero-order chi connectivity index (χ0) is 14.8. The van der Waals surface area contributed by atoms with E-state index in [4.69, 9.17) is 0 Å². The van der Waals surface area contributed by atoms with Crippen LogP contribution in [0, 0.1) is 0 Å². The van der Waals surface area contributed by atoms with Gasteiger partial charge in [0, 0.05) is 6.42 Å². The summed E-state index contributed by atoms with van der Waals surface area (Å²) in [6.45, 7) is 1.89. The number of hydrogen-bond acceptors (Lipinski definition) is 2. The number of carbonyl (C=O) groups is 1. The molecule has 0 aromatic heterocycles. The van der Waals surface area contributed by atoms with E-state index in [-0.39, 0.29) is 17.9 Å². The largest absolute Gasteiger partial charge is 0.390 e. The van der Waals surface area contributed by atoms with Gasteiger partial charge in [0.25, 0.3) is 0 Å². The van der Waals surface area contributed by atoms with Crippen LogP contribution in [0.5, 0.6) is 0 Å². The van der Waals surface area contributed by atoms with Gasteiger partial charge in [-0.05, 0) is 23.6 Å². The molecule has 0 fully saturated rings. The highest BCUT2D eigenvalue weighted by Crippen LogP contribution is 2.31. The number of hydrogen-bond donors (Lipinski definition) is 2. The molecule has 0 saturated carbocycles. The van der Waals surface area contributed by atoms with E-state index in [1.54, 1.807) is 0 Å². The first-order chi connectivity index (χ1) is 10.2. The number of rotatable bonds is 3. The summed E-state index contributed by atoms with van der Waals surface area (Å²) in [5.41, 5.74) is 3.12. The van der Waals surface area contributed by atoms with Gasteiger partial charge in [-0.1, -0.05) is 54.6 Å². The number of nitrogens with one attached hydrogen (secondary N) is 1. The quantitative estimate of drug-likeness (QED) is 0.908. The number of carbonyl (C=O) groups excluding carboxylic acids is 1. The first-order valence-corrected chi connectivity index (χ1v) is 7.28. The molecule has 1 aliphatic rings. The molecule has 2 aromatic rings. The van der Waals surface area contributed by atoms with E-state index in [2.05, 4.69) is 5.32 Å². The summed E-state index contributed by atoms with van der Waals surface area (Å²) in [6, 6.07) is 17.3. The van der Waals surface area contributed by atoms with E-state index in [0.717, 1.165) is 16.7 Å². The third kappa shape index (κ3) is 2.69. The molecule has 3 rings (SSSR count). The zero-order valence-electron chi connectivity index (χ0n) is 12.0. The third-order valence-corrected chi connectivity index (χ3v) is 4.19. The highest BCUT2D eigenvalue weighted by Gasteiger charge is 2.32. The lowest BCUT2D eigenvalue weighted by atomic mass is 9.99. The molecule has 1 amide bonds. The molecule has 108 valence electrons. The summed E-state index contributed by atoms with van der Waals surface area (Å²) < 4.78 is 0. The average Bonchev–Trinajstić information content (AvgIpc) is 2.83. The molecule has 0 heterocycles. The lowest BCUT2D eigenvalue weighted by Crippen LogP contribution is -2.36. The fourth-order valence-corrected chi connectivity index (χ4v) is 2.92. The highest BCUT2D eigenvalue weighted by atomic mass is 16.3. The summed E-state index contributed by atoms with van der Waals surface area (Å²) in [7, 11) is 0. The Hall–Kier alpha value is -2.13. The van der Waals surface area contributed by atoms with Gasteiger partial charge in [-0.15, -0.1) is 0 Å². The van der Waals surface area contributed by atoms with Crippen molar-refractivity contribution in [3.8, 4) is 0 Å². The van der Waals surface area contributed by atoms with Gasteiger partial charge in [0.2, 0.25) is 5.91 Å². The number of aliphatic hydroxyl groups is 1. The van der Waals surface area contributed by atoms with Crippen LogP contribution in [0.15, 0.2) is 54.6 Å². The number of benzene rings is 2. The average molecular weight is 281 g/mol. The lowest BCUT2D eigenvalue weighted by molar-refractivity contribution is -0.123. The maximum absolute atomic E-state index is 12.4. The van der Waals surface area contributed by atoms with E-state index in [0.29, 0.717) is 6.42 Å². The van der Waals surface area contributed by atoms with Crippen LogP contribution in [0.1, 0.15) is 35.6 Å². The van der Waals surface area contributed by atoms with Crippen molar-refractivity contribution in [2.24, 2.45) is 0 Å². The Kier molecular flexibility index (Phi) is 3.76. The summed E-state index contributed by atoms with van der Waals surface area (Å²) in [6.07, 6.45) is 0.0511. The zero-order valence-corrected chi connectivity index (χ0v) is 12.0. The molecule has 0 bridgehead atoms. The minimum Gasteiger partial charge on any atom is -0.390 e. The van der Waals surface area contributed by atoms with Gasteiger partial charge < -0.3 is 10.4 Å². The Morgan fingerprint density at radius 2 is 1.81 bits per heavy atom. The second-order valence-corrected chi connectivity index (χ2v) is 5.59. The highest BCUT2D eigenvalue weighted by molar-refractivity contribution is 5.83. The molecule has 1 unspecified atom stereocenters. The first kappa shape index (κ1) is 13.8. The second kappa shape index (κ2) is 5.70. The number of aliphatic hydroxyl groups excluding tert-OH is 1. The second-order valence-electron chi connectivity index (χ2n) is 5.59. The Morgan fingerprint density at radius 3 is 2.57 bits per heavy atom. The van der Waals surface area contributed by atoms with Gasteiger partial charge in [0.15, 0.2) is 0 Å². The van der Waals surface area contributed by atoms with Crippen LogP contribution in [-0.4, -0.2) is 17.1 Å². The van der Waals surface area contributed by atoms with Gasteiger partial charge >= 0.3 is 0 Å². The van der Waals surface area contributed by atoms with Crippen LogP contribution in [0.4, 0.5) is 0 Å². The topological polar surface area (TPSA) is 49.3 Å². The van der Waals surface area contributed by atoms with Gasteiger partial charge in [0.1, 0.15) is 0 Å². The summed E-state index contributed by atoms with van der Waals surface area (Å²) >= 11 is 0. The van der Waals surface area contributed by atoms with Crippen molar-refractivity contribution in [2.75, 3.05) is 0 Å². The van der Waals surface area contributed by atoms with Crippen LogP contribution in [0.25, 0.3) is 0 Å². The van der Waals surface area contributed by atoms with Gasteiger partial charge in [-0.25, -0.2) is 0 Å². The normalized spacial score (nSPS) is 21.6. The molecule has 0 aliphatic heterocycles. The van der Waals surface area contributed by atoms with Crippen molar-refractivity contribution >= 4 is 5.91 Å². The van der Waals surface area contributed by atoms with Gasteiger partial charge in [-0.2, -0.15) is 0 Å². The van der Waals surface area contributed by atoms with E-state index >= 15 is 0 Å². The maximum atomic E-state index is 12.4. The molecule has 3 heteroatoms. The smallest absolute Gasteiger partial charge is 0.227 e. The first-order valence-electron chi connectivity index (χ1n) is 7.28. The van der Waals surface area contributed by atoms with E-state index in [9.17, 15) is 9.90 Å². The van der Waals surface area contributed by atoms with Crippen LogP contribution < -0.4 is 5.32 Å². The van der Waals surface area contributed by atoms with Crippen molar-refractivity contribution in [3.05, 3.63) is 71.3 Å². The van der Waals surface area contributed by atoms with Crippen molar-refractivity contribution in [1.29, 1.82) is 0 Å². The molecule has 21 heavy (non-hydrogen) atoms. The molecule has 1 aliphatic carbocycles. The molecular weight excluding hydrogens is 262 g/mol. The Bertz CT molecular complexity index is 639. The van der Waals surface area contributed by atoms with E-state index < -0.39 is 6.10 Å². The molecule has 2 N–H and O–H groups in total. The predicted molar refractivity (Wildman–Crippen MR) is 81.9 cm³/mol. The Morgan fingerprint density at radius 1 is 1.14 bits per heavy atom. The van der Waals surface area contributed by atoms with E-state index in [1.807, 2.05) is 61.5 Å². The SMILES string of the molecule is CC(C(=O)N[C@H]1c2ccccc2C[C@H]1O)c1ccccc1. The molecule has 2 aromatic carbocycles. The molecular formula is C18H19NO2. The molecule has 0 spiro atoms. The minimum absolute atomic E-state index is 0.0537. The summed E-state index contributed by atoms with van der Waals surface area (Å²) in [4.78, 5) is 12.4. The Balaban J connectivity index is 1.76. The molecule has 3 nitrogen and oxygen atoms in total. The summed E-state index contributed by atoms with van der Waals surface area (Å²) in [5.74, 6) is -0.284. The van der Waals surface area contributed by atoms with Crippen LogP contribution in [-0.2, 0) is 11.2 Å². The number of amides is 1. The van der Waals surface area contributed by atoms with Gasteiger partial charge in [0.05, 0.1) is 18.1 Å². The van der Waals surface area contributed by atoms with Crippen molar-refractivity contribution in [2.45, 2.75) is 31.4 Å². The molecule has 0 saturated heterocycles. The Labute approximate surface area is 124 Å². The molecule has 3 atom stereocenters. The van der Waals surface area contributed by atoms with E-state index in [1.165, 1.54) is 0 Å². The third-order valence-electron chi connectivity index (χ3n) is 4.19. The van der Waals surface area contributed by atoms with Crippen molar-refractivity contribution in [1.82, 2.24) is 5.32 Å². The molecule has 0 radical (unpaired) electrons. The fourth-order valence-electron chi connectivity index (χ4n) is 2.92. The van der Waals surface area contributed by atoms with Crippen molar-refractivity contribution in [3.63, 3.8) is 0 Å². The summed E-state index contributed by atoms with van der Waals surface area (Å²) in [5, 5.41) is 13.2. The fraction of sp³-hybridized carbons (Fsp3) is 0.278. The van der Waals surface area contributed by atoms with Crippen LogP contribution in [0.3, 0.4) is 0 Å². The van der Waals surface area contributed by atoms with Gasteiger partial charge in [-0.3, -0.25) is 4.79 Å². The predicted octanol–water partition coefficient (Wildman–Crippen LogP) is 2.56. The van der Waals surface area contributed by atoms with Crippen LogP contribution in [0.2, 0.25) is 0 Å². The lowest BCUT2D eigenvalue weighted by Gasteiger charge is -2.21. The van der Waals surface area contributed by atoms with Crippen molar-refractivity contribution < 1.29 is 9.90 Å².